The zero-order chi connectivity index (χ0) is 25.6. The molecule has 0 saturated heterocycles. The molecule has 0 aromatic rings. The summed E-state index contributed by atoms with van der Waals surface area (Å²) >= 11 is 0. The van der Waals surface area contributed by atoms with Crippen LogP contribution in [0.2, 0.25) is 0 Å². The van der Waals surface area contributed by atoms with Crippen molar-refractivity contribution in [3.63, 3.8) is 0 Å². The van der Waals surface area contributed by atoms with E-state index in [-0.39, 0.29) is 34.3 Å². The molecule has 0 unspecified atom stereocenters. The highest BCUT2D eigenvalue weighted by Crippen LogP contribution is 2.67. The van der Waals surface area contributed by atoms with Gasteiger partial charge >= 0.3 is 5.97 Å². The quantitative estimate of drug-likeness (QED) is 0.547. The zero-order valence-corrected chi connectivity index (χ0v) is 22.1. The third kappa shape index (κ3) is 4.07. The summed E-state index contributed by atoms with van der Waals surface area (Å²) in [4.78, 5) is 48.4. The fourth-order valence-electron chi connectivity index (χ4n) is 7.48. The van der Waals surface area contributed by atoms with Gasteiger partial charge in [-0.05, 0) is 80.8 Å². The summed E-state index contributed by atoms with van der Waals surface area (Å²) in [5, 5.41) is 0. The molecule has 0 radical (unpaired) electrons. The highest BCUT2D eigenvalue weighted by Gasteiger charge is 2.67. The molecule has 0 spiro atoms. The van der Waals surface area contributed by atoms with Gasteiger partial charge in [0.2, 0.25) is 5.91 Å². The molecular formula is C28H41NO5. The van der Waals surface area contributed by atoms with Gasteiger partial charge < -0.3 is 9.64 Å². The van der Waals surface area contributed by atoms with Gasteiger partial charge in [-0.15, -0.1) is 0 Å². The number of hydrogen-bond donors (Lipinski definition) is 0. The second-order valence-electron chi connectivity index (χ2n) is 11.5. The van der Waals surface area contributed by atoms with Gasteiger partial charge in [0.05, 0.1) is 0 Å². The third-order valence-corrected chi connectivity index (χ3v) is 9.47. The number of allylic oxidation sites excluding steroid dienone is 4. The van der Waals surface area contributed by atoms with Crippen LogP contribution in [0.1, 0.15) is 80.1 Å². The Labute approximate surface area is 204 Å². The SMILES string of the molecule is CC(=O)N(C)C.CC(=O)O[C@]1(C(C)=O)CC[C@H]2[C@@H]3C=C(C)C4=CC(=O)CC[C@]4(C)[C@H]3CC[C@@]21C. The van der Waals surface area contributed by atoms with Crippen molar-refractivity contribution in [3.8, 4) is 0 Å². The van der Waals surface area contributed by atoms with E-state index in [9.17, 15) is 19.2 Å². The molecule has 1 amide bonds. The number of ketones is 2. The molecule has 0 N–H and O–H groups in total. The lowest BCUT2D eigenvalue weighted by Crippen LogP contribution is -2.58. The first kappa shape index (κ1) is 26.4. The summed E-state index contributed by atoms with van der Waals surface area (Å²) in [6, 6.07) is 0. The number of hydrogen-bond acceptors (Lipinski definition) is 5. The number of Topliss-reactive ketones (excluding diaryl/α,β-unsaturated/α-hetero) is 1. The molecule has 0 aliphatic heterocycles. The molecule has 6 heteroatoms. The highest BCUT2D eigenvalue weighted by molar-refractivity contribution is 5.92. The molecule has 6 atom stereocenters. The van der Waals surface area contributed by atoms with Gasteiger partial charge in [-0.3, -0.25) is 19.2 Å². The minimum atomic E-state index is -0.990. The maximum Gasteiger partial charge on any atom is 0.303 e. The Morgan fingerprint density at radius 2 is 1.59 bits per heavy atom. The number of esters is 1. The first-order chi connectivity index (χ1) is 15.7. The fourth-order valence-corrected chi connectivity index (χ4v) is 7.48. The van der Waals surface area contributed by atoms with Crippen LogP contribution in [0, 0.1) is 28.6 Å². The monoisotopic (exact) mass is 471 g/mol. The standard InChI is InChI=1S/C24H32O4.C4H9NO/c1-14-12-18-19(22(4)9-6-17(27)13-21(14)22)7-10-23(5)20(18)8-11-24(23,15(2)25)28-16(3)26;1-4(6)5(2)3/h12-13,18-20H,6-11H2,1-5H3;1-3H3/t18-,19+,20+,22-,23+,24+;/m1./s1. The zero-order valence-electron chi connectivity index (χ0n) is 22.1. The van der Waals surface area contributed by atoms with E-state index in [0.29, 0.717) is 30.6 Å². The van der Waals surface area contributed by atoms with Crippen LogP contribution >= 0.6 is 0 Å². The van der Waals surface area contributed by atoms with Crippen molar-refractivity contribution in [1.29, 1.82) is 0 Å². The molecule has 2 fully saturated rings. The van der Waals surface area contributed by atoms with Crippen LogP contribution < -0.4 is 0 Å². The number of rotatable bonds is 2. The molecule has 0 heterocycles. The number of nitrogens with zero attached hydrogens (tertiary/aromatic N) is 1. The molecule has 0 aromatic carbocycles. The molecule has 188 valence electrons. The Hall–Kier alpha value is -2.24. The van der Waals surface area contributed by atoms with Crippen molar-refractivity contribution in [1.82, 2.24) is 4.90 Å². The lowest BCUT2D eigenvalue weighted by atomic mass is 9.47. The van der Waals surface area contributed by atoms with Crippen molar-refractivity contribution >= 4 is 23.4 Å². The van der Waals surface area contributed by atoms with Gasteiger partial charge in [-0.1, -0.05) is 25.5 Å². The Balaban J connectivity index is 0.000000481. The topological polar surface area (TPSA) is 80.8 Å². The van der Waals surface area contributed by atoms with E-state index in [1.165, 1.54) is 29.9 Å². The summed E-state index contributed by atoms with van der Waals surface area (Å²) in [5.41, 5.74) is 1.15. The van der Waals surface area contributed by atoms with Crippen LogP contribution in [0.5, 0.6) is 0 Å². The van der Waals surface area contributed by atoms with Gasteiger partial charge in [0.15, 0.2) is 17.2 Å². The average Bonchev–Trinajstić information content (AvgIpc) is 3.03. The molecule has 4 aliphatic carbocycles. The van der Waals surface area contributed by atoms with Crippen LogP contribution in [-0.4, -0.2) is 48.0 Å². The summed E-state index contributed by atoms with van der Waals surface area (Å²) in [6.07, 6.45) is 9.20. The number of fused-ring (bicyclic) bond motifs is 5. The second-order valence-corrected chi connectivity index (χ2v) is 11.5. The smallest absolute Gasteiger partial charge is 0.303 e. The fraction of sp³-hybridized carbons (Fsp3) is 0.714. The van der Waals surface area contributed by atoms with Crippen LogP contribution in [0.15, 0.2) is 23.3 Å². The van der Waals surface area contributed by atoms with Gasteiger partial charge in [-0.25, -0.2) is 0 Å². The van der Waals surface area contributed by atoms with E-state index in [2.05, 4.69) is 26.8 Å². The van der Waals surface area contributed by atoms with E-state index in [4.69, 9.17) is 4.74 Å². The third-order valence-electron chi connectivity index (χ3n) is 9.47. The largest absolute Gasteiger partial charge is 0.451 e. The number of ether oxygens (including phenoxy) is 1. The molecule has 0 bridgehead atoms. The number of carbonyl (C=O) groups is 4. The lowest BCUT2D eigenvalue weighted by molar-refractivity contribution is -0.185. The molecule has 4 rings (SSSR count). The van der Waals surface area contributed by atoms with E-state index >= 15 is 0 Å². The summed E-state index contributed by atoms with van der Waals surface area (Å²) in [7, 11) is 3.45. The highest BCUT2D eigenvalue weighted by atomic mass is 16.6. The Morgan fingerprint density at radius 1 is 1.00 bits per heavy atom. The molecule has 2 saturated carbocycles. The maximum atomic E-state index is 12.8. The predicted molar refractivity (Wildman–Crippen MR) is 131 cm³/mol. The average molecular weight is 472 g/mol. The number of carbonyl (C=O) groups excluding carboxylic acids is 4. The van der Waals surface area contributed by atoms with Crippen molar-refractivity contribution in [2.24, 2.45) is 28.6 Å². The van der Waals surface area contributed by atoms with Gasteiger partial charge in [-0.2, -0.15) is 0 Å². The van der Waals surface area contributed by atoms with Gasteiger partial charge in [0, 0.05) is 39.8 Å². The van der Waals surface area contributed by atoms with E-state index < -0.39 is 5.60 Å². The minimum Gasteiger partial charge on any atom is -0.451 e. The van der Waals surface area contributed by atoms with Gasteiger partial charge in [0.1, 0.15) is 0 Å². The van der Waals surface area contributed by atoms with Crippen LogP contribution in [0.25, 0.3) is 0 Å². The summed E-state index contributed by atoms with van der Waals surface area (Å²) in [6.45, 7) is 11.2. The molecular weight excluding hydrogens is 430 g/mol. The first-order valence-corrected chi connectivity index (χ1v) is 12.5. The van der Waals surface area contributed by atoms with E-state index in [0.717, 1.165) is 25.7 Å². The molecule has 4 aliphatic rings. The van der Waals surface area contributed by atoms with E-state index in [1.807, 2.05) is 6.08 Å². The van der Waals surface area contributed by atoms with Gasteiger partial charge in [0.25, 0.3) is 0 Å². The van der Waals surface area contributed by atoms with Crippen LogP contribution in [-0.2, 0) is 23.9 Å². The van der Waals surface area contributed by atoms with Crippen LogP contribution in [0.3, 0.4) is 0 Å². The van der Waals surface area contributed by atoms with E-state index in [1.54, 1.807) is 21.0 Å². The van der Waals surface area contributed by atoms with Crippen molar-refractivity contribution in [2.75, 3.05) is 14.1 Å². The Bertz CT molecular complexity index is 962. The molecule has 34 heavy (non-hydrogen) atoms. The maximum absolute atomic E-state index is 12.8. The lowest BCUT2D eigenvalue weighted by Gasteiger charge is -2.58. The van der Waals surface area contributed by atoms with Crippen molar-refractivity contribution in [3.05, 3.63) is 23.3 Å². The summed E-state index contributed by atoms with van der Waals surface area (Å²) < 4.78 is 5.82. The predicted octanol–water partition coefficient (Wildman–Crippen LogP) is 4.67. The van der Waals surface area contributed by atoms with Crippen molar-refractivity contribution in [2.45, 2.75) is 85.7 Å². The second kappa shape index (κ2) is 9.09. The Morgan fingerprint density at radius 3 is 2.12 bits per heavy atom. The first-order valence-electron chi connectivity index (χ1n) is 12.5. The Kier molecular flexibility index (Phi) is 7.05. The molecule has 6 nitrogen and oxygen atoms in total. The normalized spacial score (nSPS) is 38.1. The van der Waals surface area contributed by atoms with Crippen LogP contribution in [0.4, 0.5) is 0 Å². The number of amides is 1. The minimum absolute atomic E-state index is 0.0160. The summed E-state index contributed by atoms with van der Waals surface area (Å²) in [5.74, 6) is 1.12. The van der Waals surface area contributed by atoms with Crippen molar-refractivity contribution < 1.29 is 23.9 Å². The molecule has 0 aromatic heterocycles.